The molecule has 1 aromatic heterocycles. The van der Waals surface area contributed by atoms with E-state index >= 15 is 0 Å². The normalized spacial score (nSPS) is 20.1. The van der Waals surface area contributed by atoms with E-state index in [2.05, 4.69) is 40.1 Å². The quantitative estimate of drug-likeness (QED) is 0.598. The lowest BCUT2D eigenvalue weighted by Gasteiger charge is -2.26. The van der Waals surface area contributed by atoms with Crippen molar-refractivity contribution in [1.29, 1.82) is 0 Å². The lowest BCUT2D eigenvalue weighted by atomic mass is 10.2. The Hall–Kier alpha value is -1.17. The highest BCUT2D eigenvalue weighted by atomic mass is 15.3. The van der Waals surface area contributed by atoms with Crippen LogP contribution in [0.25, 0.3) is 0 Å². The first-order valence-electron chi connectivity index (χ1n) is 7.14. The number of nitrogens with one attached hydrogen (secondary N) is 1. The van der Waals surface area contributed by atoms with Crippen LogP contribution >= 0.6 is 0 Å². The molecule has 0 saturated carbocycles. The number of pyridine rings is 1. The standard InChI is InChI=1S/C14H25N5/c1-3-19(4-2)13-6-8-18(11-13)10-12-5-7-16-14(9-12)17-15/h5,7,9,13H,3-4,6,8,10-11,15H2,1-2H3,(H,16,17). The molecule has 1 atom stereocenters. The van der Waals surface area contributed by atoms with E-state index in [0.717, 1.165) is 32.0 Å². The first kappa shape index (κ1) is 14.2. The van der Waals surface area contributed by atoms with Gasteiger partial charge in [-0.05, 0) is 37.2 Å². The van der Waals surface area contributed by atoms with Gasteiger partial charge in [-0.3, -0.25) is 9.80 Å². The second kappa shape index (κ2) is 6.84. The van der Waals surface area contributed by atoms with Crippen LogP contribution in [-0.4, -0.2) is 47.0 Å². The van der Waals surface area contributed by atoms with Gasteiger partial charge in [0.25, 0.3) is 0 Å². The molecule has 5 nitrogen and oxygen atoms in total. The Bertz CT molecular complexity index is 391. The number of nitrogens with two attached hydrogens (primary N) is 1. The van der Waals surface area contributed by atoms with Crippen molar-refractivity contribution < 1.29 is 0 Å². The second-order valence-corrected chi connectivity index (χ2v) is 5.09. The molecule has 0 spiro atoms. The molecular formula is C14H25N5. The van der Waals surface area contributed by atoms with Crippen LogP contribution in [0.2, 0.25) is 0 Å². The summed E-state index contributed by atoms with van der Waals surface area (Å²) in [6, 6.07) is 4.79. The molecule has 1 fully saturated rings. The number of anilines is 1. The zero-order valence-corrected chi connectivity index (χ0v) is 12.0. The molecular weight excluding hydrogens is 238 g/mol. The van der Waals surface area contributed by atoms with Crippen LogP contribution in [-0.2, 0) is 6.54 Å². The van der Waals surface area contributed by atoms with Gasteiger partial charge < -0.3 is 5.43 Å². The summed E-state index contributed by atoms with van der Waals surface area (Å²) in [6.45, 7) is 10.1. The van der Waals surface area contributed by atoms with E-state index in [4.69, 9.17) is 5.84 Å². The Morgan fingerprint density at radius 1 is 1.47 bits per heavy atom. The van der Waals surface area contributed by atoms with Crippen molar-refractivity contribution in [3.63, 3.8) is 0 Å². The summed E-state index contributed by atoms with van der Waals surface area (Å²) in [5, 5.41) is 0. The summed E-state index contributed by atoms with van der Waals surface area (Å²) >= 11 is 0. The lowest BCUT2D eigenvalue weighted by molar-refractivity contribution is 0.209. The van der Waals surface area contributed by atoms with E-state index in [1.807, 2.05) is 12.3 Å². The van der Waals surface area contributed by atoms with Crippen LogP contribution in [0.3, 0.4) is 0 Å². The SMILES string of the molecule is CCN(CC)C1CCN(Cc2ccnc(NN)c2)C1. The molecule has 1 unspecified atom stereocenters. The topological polar surface area (TPSA) is 57.4 Å². The van der Waals surface area contributed by atoms with Gasteiger partial charge in [-0.25, -0.2) is 10.8 Å². The Morgan fingerprint density at radius 2 is 2.26 bits per heavy atom. The van der Waals surface area contributed by atoms with Gasteiger partial charge in [0.15, 0.2) is 0 Å². The summed E-state index contributed by atoms with van der Waals surface area (Å²) < 4.78 is 0. The minimum Gasteiger partial charge on any atom is -0.308 e. The third-order valence-corrected chi connectivity index (χ3v) is 3.95. The van der Waals surface area contributed by atoms with Crippen LogP contribution in [0.1, 0.15) is 25.8 Å². The number of likely N-dealkylation sites (N-methyl/N-ethyl adjacent to an activating group) is 1. The second-order valence-electron chi connectivity index (χ2n) is 5.09. The van der Waals surface area contributed by atoms with Gasteiger partial charge in [-0.2, -0.15) is 0 Å². The predicted molar refractivity (Wildman–Crippen MR) is 78.7 cm³/mol. The molecule has 1 aromatic rings. The van der Waals surface area contributed by atoms with E-state index in [9.17, 15) is 0 Å². The number of rotatable bonds is 6. The molecule has 1 saturated heterocycles. The van der Waals surface area contributed by atoms with Crippen molar-refractivity contribution in [2.45, 2.75) is 32.9 Å². The fourth-order valence-corrected chi connectivity index (χ4v) is 2.90. The van der Waals surface area contributed by atoms with Crippen LogP contribution in [0.5, 0.6) is 0 Å². The van der Waals surface area contributed by atoms with Crippen LogP contribution in [0.15, 0.2) is 18.3 Å². The van der Waals surface area contributed by atoms with E-state index in [-0.39, 0.29) is 0 Å². The highest BCUT2D eigenvalue weighted by molar-refractivity contribution is 5.35. The molecule has 0 radical (unpaired) electrons. The number of hydrogen-bond donors (Lipinski definition) is 2. The molecule has 2 rings (SSSR count). The van der Waals surface area contributed by atoms with Gasteiger partial charge >= 0.3 is 0 Å². The Kier molecular flexibility index (Phi) is 5.13. The number of hydrogen-bond acceptors (Lipinski definition) is 5. The molecule has 0 amide bonds. The van der Waals surface area contributed by atoms with Gasteiger partial charge in [0.05, 0.1) is 0 Å². The average Bonchev–Trinajstić information content (AvgIpc) is 2.89. The van der Waals surface area contributed by atoms with E-state index in [1.54, 1.807) is 0 Å². The number of nitrogens with zero attached hydrogens (tertiary/aromatic N) is 3. The van der Waals surface area contributed by atoms with Crippen LogP contribution < -0.4 is 11.3 Å². The number of nitrogen functional groups attached to an aromatic ring is 1. The van der Waals surface area contributed by atoms with Crippen molar-refractivity contribution in [1.82, 2.24) is 14.8 Å². The van der Waals surface area contributed by atoms with E-state index in [0.29, 0.717) is 6.04 Å². The fourth-order valence-electron chi connectivity index (χ4n) is 2.90. The Labute approximate surface area is 115 Å². The summed E-state index contributed by atoms with van der Waals surface area (Å²) in [5.41, 5.74) is 3.87. The lowest BCUT2D eigenvalue weighted by Crippen LogP contribution is -2.37. The van der Waals surface area contributed by atoms with Crippen LogP contribution in [0.4, 0.5) is 5.82 Å². The third kappa shape index (κ3) is 3.65. The fraction of sp³-hybridized carbons (Fsp3) is 0.643. The monoisotopic (exact) mass is 263 g/mol. The van der Waals surface area contributed by atoms with Crippen molar-refractivity contribution in [2.75, 3.05) is 31.6 Å². The zero-order chi connectivity index (χ0) is 13.7. The van der Waals surface area contributed by atoms with Crippen molar-refractivity contribution in [2.24, 2.45) is 5.84 Å². The van der Waals surface area contributed by atoms with Gasteiger partial charge in [-0.1, -0.05) is 13.8 Å². The first-order valence-corrected chi connectivity index (χ1v) is 7.14. The molecule has 5 heteroatoms. The molecule has 1 aliphatic rings. The average molecular weight is 263 g/mol. The number of likely N-dealkylation sites (tertiary alicyclic amines) is 1. The Morgan fingerprint density at radius 3 is 2.95 bits per heavy atom. The summed E-state index contributed by atoms with van der Waals surface area (Å²) in [6.07, 6.45) is 3.08. The first-order chi connectivity index (χ1) is 9.26. The molecule has 0 aromatic carbocycles. The molecule has 1 aliphatic heterocycles. The largest absolute Gasteiger partial charge is 0.308 e. The Balaban J connectivity index is 1.90. The molecule has 3 N–H and O–H groups in total. The highest BCUT2D eigenvalue weighted by Gasteiger charge is 2.25. The van der Waals surface area contributed by atoms with Crippen molar-refractivity contribution in [3.05, 3.63) is 23.9 Å². The smallest absolute Gasteiger partial charge is 0.140 e. The summed E-state index contributed by atoms with van der Waals surface area (Å²) in [5.74, 6) is 6.13. The maximum atomic E-state index is 5.39. The van der Waals surface area contributed by atoms with Crippen LogP contribution in [0, 0.1) is 0 Å². The minimum atomic E-state index is 0.712. The van der Waals surface area contributed by atoms with Gasteiger partial charge in [0.2, 0.25) is 0 Å². The molecule has 2 heterocycles. The van der Waals surface area contributed by atoms with Crippen molar-refractivity contribution >= 4 is 5.82 Å². The zero-order valence-electron chi connectivity index (χ0n) is 12.0. The molecule has 0 bridgehead atoms. The van der Waals surface area contributed by atoms with E-state index < -0.39 is 0 Å². The van der Waals surface area contributed by atoms with Gasteiger partial charge in [0, 0.05) is 31.9 Å². The van der Waals surface area contributed by atoms with Gasteiger partial charge in [0.1, 0.15) is 5.82 Å². The molecule has 0 aliphatic carbocycles. The molecule has 19 heavy (non-hydrogen) atoms. The third-order valence-electron chi connectivity index (χ3n) is 3.95. The number of hydrazine groups is 1. The minimum absolute atomic E-state index is 0.712. The summed E-state index contributed by atoms with van der Waals surface area (Å²) in [4.78, 5) is 9.21. The van der Waals surface area contributed by atoms with Gasteiger partial charge in [-0.15, -0.1) is 0 Å². The maximum absolute atomic E-state index is 5.39. The van der Waals surface area contributed by atoms with Crippen molar-refractivity contribution in [3.8, 4) is 0 Å². The summed E-state index contributed by atoms with van der Waals surface area (Å²) in [7, 11) is 0. The highest BCUT2D eigenvalue weighted by Crippen LogP contribution is 2.18. The number of aromatic nitrogens is 1. The predicted octanol–water partition coefficient (Wildman–Crippen LogP) is 1.28. The maximum Gasteiger partial charge on any atom is 0.140 e. The van der Waals surface area contributed by atoms with E-state index in [1.165, 1.54) is 18.5 Å². The molecule has 106 valence electrons.